The van der Waals surface area contributed by atoms with E-state index in [0.717, 1.165) is 101 Å². The molecule has 2 rings (SSSR count). The van der Waals surface area contributed by atoms with E-state index in [0.29, 0.717) is 12.8 Å². The molecule has 2 heterocycles. The number of unbranched alkanes of at least 4 members (excludes halogenated alkanes) is 16. The Balaban J connectivity index is 1.40. The molecule has 0 fully saturated rings. The van der Waals surface area contributed by atoms with Crippen LogP contribution in [0, 0.1) is 13.8 Å². The summed E-state index contributed by atoms with van der Waals surface area (Å²) in [5.74, 6) is 3.94. The SMILES string of the molecule is CCCCCc1cc(C)c(CCCCCCCCCCC(=O)O[C@@H](CO)COC(=O)CCCCCCCCc2oc(CCCCC)cc2C)o1. The average Bonchev–Trinajstić information content (AvgIpc) is 3.64. The Bertz CT molecular complexity index is 1150. The molecule has 0 unspecified atom stereocenters. The van der Waals surface area contributed by atoms with E-state index in [1.807, 2.05) is 0 Å². The van der Waals surface area contributed by atoms with E-state index in [2.05, 4.69) is 39.8 Å². The van der Waals surface area contributed by atoms with Crippen molar-refractivity contribution in [3.63, 3.8) is 0 Å². The van der Waals surface area contributed by atoms with E-state index < -0.39 is 6.10 Å². The molecule has 1 N–H and O–H groups in total. The highest BCUT2D eigenvalue weighted by Gasteiger charge is 2.16. The lowest BCUT2D eigenvalue weighted by atomic mass is 10.1. The molecule has 0 bridgehead atoms. The molecule has 0 aromatic carbocycles. The Morgan fingerprint density at radius 1 is 0.580 bits per heavy atom. The van der Waals surface area contributed by atoms with Crippen molar-refractivity contribution in [3.05, 3.63) is 46.3 Å². The molecule has 0 saturated heterocycles. The molecule has 1 atom stereocenters. The van der Waals surface area contributed by atoms with Crippen molar-refractivity contribution in [2.45, 2.75) is 201 Å². The summed E-state index contributed by atoms with van der Waals surface area (Å²) in [5.41, 5.74) is 2.58. The number of carbonyl (C=O) groups excluding carboxylic acids is 2. The summed E-state index contributed by atoms with van der Waals surface area (Å²) in [7, 11) is 0. The molecule has 2 aromatic rings. The first kappa shape index (κ1) is 43.6. The van der Waals surface area contributed by atoms with Crippen LogP contribution in [0.25, 0.3) is 0 Å². The second kappa shape index (κ2) is 28.1. The summed E-state index contributed by atoms with van der Waals surface area (Å²) in [4.78, 5) is 24.4. The third-order valence-corrected chi connectivity index (χ3v) is 9.70. The molecule has 0 spiro atoms. The summed E-state index contributed by atoms with van der Waals surface area (Å²) < 4.78 is 22.8. The minimum absolute atomic E-state index is 0.0901. The number of rotatable bonds is 32. The van der Waals surface area contributed by atoms with E-state index in [9.17, 15) is 14.7 Å². The highest BCUT2D eigenvalue weighted by molar-refractivity contribution is 5.70. The summed E-state index contributed by atoms with van der Waals surface area (Å²) in [6.07, 6.45) is 26.6. The van der Waals surface area contributed by atoms with Crippen molar-refractivity contribution in [1.82, 2.24) is 0 Å². The van der Waals surface area contributed by atoms with Crippen LogP contribution < -0.4 is 0 Å². The van der Waals surface area contributed by atoms with Crippen LogP contribution in [0.3, 0.4) is 0 Å². The maximum atomic E-state index is 12.3. The largest absolute Gasteiger partial charge is 0.466 e. The molecule has 0 aliphatic rings. The van der Waals surface area contributed by atoms with Gasteiger partial charge in [0.05, 0.1) is 6.61 Å². The summed E-state index contributed by atoms with van der Waals surface area (Å²) in [6.45, 7) is 8.32. The van der Waals surface area contributed by atoms with Crippen molar-refractivity contribution < 1.29 is 33.0 Å². The minimum atomic E-state index is -0.797. The van der Waals surface area contributed by atoms with Gasteiger partial charge in [0.25, 0.3) is 0 Å². The smallest absolute Gasteiger partial charge is 0.306 e. The molecule has 286 valence electrons. The van der Waals surface area contributed by atoms with Crippen LogP contribution >= 0.6 is 0 Å². The third kappa shape index (κ3) is 20.3. The lowest BCUT2D eigenvalue weighted by molar-refractivity contribution is -0.161. The number of furan rings is 2. The normalized spacial score (nSPS) is 12.0. The van der Waals surface area contributed by atoms with Gasteiger partial charge in [-0.25, -0.2) is 0 Å². The Labute approximate surface area is 304 Å². The monoisotopic (exact) mass is 701 g/mol. The van der Waals surface area contributed by atoms with Crippen LogP contribution in [0.4, 0.5) is 0 Å². The minimum Gasteiger partial charge on any atom is -0.466 e. The summed E-state index contributed by atoms with van der Waals surface area (Å²) >= 11 is 0. The Hall–Kier alpha value is -2.54. The number of hydrogen-bond acceptors (Lipinski definition) is 7. The number of ether oxygens (including phenoxy) is 2. The molecule has 2 aromatic heterocycles. The fourth-order valence-corrected chi connectivity index (χ4v) is 6.53. The zero-order valence-electron chi connectivity index (χ0n) is 32.4. The number of aliphatic hydroxyl groups is 1. The van der Waals surface area contributed by atoms with Crippen molar-refractivity contribution in [2.75, 3.05) is 13.2 Å². The quantitative estimate of drug-likeness (QED) is 0.0599. The molecule has 7 nitrogen and oxygen atoms in total. The zero-order valence-corrected chi connectivity index (χ0v) is 32.4. The lowest BCUT2D eigenvalue weighted by Crippen LogP contribution is -2.28. The van der Waals surface area contributed by atoms with Gasteiger partial charge in [-0.2, -0.15) is 0 Å². The van der Waals surface area contributed by atoms with Gasteiger partial charge in [-0.3, -0.25) is 9.59 Å². The van der Waals surface area contributed by atoms with Gasteiger partial charge in [-0.1, -0.05) is 104 Å². The maximum absolute atomic E-state index is 12.3. The standard InChI is InChI=1S/C43H72O7/c1-5-7-19-25-37-31-35(3)40(48-37)27-21-15-11-9-10-12-18-24-30-43(46)50-39(33-44)34-47-42(45)29-23-17-14-13-16-22-28-41-36(4)32-38(49-41)26-20-8-6-2/h31-32,39,44H,5-30,33-34H2,1-4H3/t39-/m0/s1. The molecular weight excluding hydrogens is 628 g/mol. The average molecular weight is 701 g/mol. The van der Waals surface area contributed by atoms with E-state index in [-0.39, 0.29) is 25.2 Å². The van der Waals surface area contributed by atoms with Crippen molar-refractivity contribution in [1.29, 1.82) is 0 Å². The van der Waals surface area contributed by atoms with E-state index >= 15 is 0 Å². The third-order valence-electron chi connectivity index (χ3n) is 9.70. The van der Waals surface area contributed by atoms with Gasteiger partial charge in [-0.05, 0) is 75.6 Å². The fraction of sp³-hybridized carbons (Fsp3) is 0.767. The van der Waals surface area contributed by atoms with Crippen LogP contribution in [-0.4, -0.2) is 36.4 Å². The second-order valence-corrected chi connectivity index (χ2v) is 14.5. The van der Waals surface area contributed by atoms with Crippen LogP contribution in [0.15, 0.2) is 21.0 Å². The molecule has 50 heavy (non-hydrogen) atoms. The predicted molar refractivity (Wildman–Crippen MR) is 203 cm³/mol. The number of aryl methyl sites for hydroxylation is 6. The lowest BCUT2D eigenvalue weighted by Gasteiger charge is -2.15. The first-order valence-electron chi connectivity index (χ1n) is 20.5. The number of esters is 2. The van der Waals surface area contributed by atoms with Crippen LogP contribution in [-0.2, 0) is 44.7 Å². The highest BCUT2D eigenvalue weighted by Crippen LogP contribution is 2.21. The number of hydrogen-bond donors (Lipinski definition) is 1. The van der Waals surface area contributed by atoms with Gasteiger partial charge in [0.15, 0.2) is 6.10 Å². The molecule has 0 aliphatic carbocycles. The summed E-state index contributed by atoms with van der Waals surface area (Å²) in [5, 5.41) is 9.61. The molecular formula is C43H72O7. The molecule has 0 aliphatic heterocycles. The first-order chi connectivity index (χ1) is 24.4. The predicted octanol–water partition coefficient (Wildman–Crippen LogP) is 11.4. The van der Waals surface area contributed by atoms with E-state index in [4.69, 9.17) is 18.3 Å². The van der Waals surface area contributed by atoms with Crippen LogP contribution in [0.5, 0.6) is 0 Å². The molecule has 0 saturated carbocycles. The number of aliphatic hydroxyl groups excluding tert-OH is 1. The van der Waals surface area contributed by atoms with Gasteiger partial charge >= 0.3 is 11.9 Å². The van der Waals surface area contributed by atoms with Crippen molar-refractivity contribution >= 4 is 11.9 Å². The second-order valence-electron chi connectivity index (χ2n) is 14.5. The van der Waals surface area contributed by atoms with Gasteiger partial charge < -0.3 is 23.4 Å². The number of carbonyl (C=O) groups is 2. The Morgan fingerprint density at radius 2 is 0.980 bits per heavy atom. The van der Waals surface area contributed by atoms with Gasteiger partial charge in [0.2, 0.25) is 0 Å². The fourth-order valence-electron chi connectivity index (χ4n) is 6.53. The van der Waals surface area contributed by atoms with Gasteiger partial charge in [0.1, 0.15) is 29.6 Å². The van der Waals surface area contributed by atoms with E-state index in [1.54, 1.807) is 0 Å². The van der Waals surface area contributed by atoms with E-state index in [1.165, 1.54) is 87.5 Å². The first-order valence-corrected chi connectivity index (χ1v) is 20.5. The highest BCUT2D eigenvalue weighted by atomic mass is 16.6. The van der Waals surface area contributed by atoms with Crippen LogP contribution in [0.2, 0.25) is 0 Å². The van der Waals surface area contributed by atoms with Crippen molar-refractivity contribution in [2.24, 2.45) is 0 Å². The Kier molecular flexibility index (Phi) is 24.5. The zero-order chi connectivity index (χ0) is 36.2. The Morgan fingerprint density at radius 3 is 1.42 bits per heavy atom. The molecule has 0 amide bonds. The topological polar surface area (TPSA) is 99.1 Å². The maximum Gasteiger partial charge on any atom is 0.306 e. The molecule has 7 heteroatoms. The van der Waals surface area contributed by atoms with Gasteiger partial charge in [-0.15, -0.1) is 0 Å². The summed E-state index contributed by atoms with van der Waals surface area (Å²) in [6, 6.07) is 4.43. The van der Waals surface area contributed by atoms with Crippen molar-refractivity contribution in [3.8, 4) is 0 Å². The molecule has 0 radical (unpaired) electrons. The van der Waals surface area contributed by atoms with Gasteiger partial charge in [0, 0.05) is 38.5 Å². The van der Waals surface area contributed by atoms with Crippen LogP contribution in [0.1, 0.15) is 189 Å².